The Kier molecular flexibility index (Phi) is 6.45. The van der Waals surface area contributed by atoms with Gasteiger partial charge >= 0.3 is 0 Å². The number of nitrogens with zero attached hydrogens (tertiary/aromatic N) is 2. The maximum atomic E-state index is 9.52. The first-order valence-corrected chi connectivity index (χ1v) is 8.82. The fraction of sp³-hybridized carbons (Fsp3) is 0.812. The summed E-state index contributed by atoms with van der Waals surface area (Å²) in [5.41, 5.74) is 0.896. The molecule has 1 aliphatic rings. The number of aromatic nitrogens is 1. The Hall–Kier alpha value is -0.650. The largest absolute Gasteiger partial charge is 0.391 e. The van der Waals surface area contributed by atoms with Crippen LogP contribution in [0.3, 0.4) is 0 Å². The van der Waals surface area contributed by atoms with Crippen molar-refractivity contribution in [2.75, 3.05) is 18.6 Å². The Bertz CT molecular complexity index is 428. The Labute approximate surface area is 132 Å². The molecule has 0 radical (unpaired) electrons. The first kappa shape index (κ1) is 16.7. The van der Waals surface area contributed by atoms with Gasteiger partial charge in [-0.3, -0.25) is 0 Å². The molecule has 1 heterocycles. The third kappa shape index (κ3) is 4.41. The lowest BCUT2D eigenvalue weighted by molar-refractivity contribution is 0.179. The molecule has 1 aliphatic carbocycles. The maximum Gasteiger partial charge on any atom is 0.186 e. The van der Waals surface area contributed by atoms with Crippen molar-refractivity contribution in [1.82, 2.24) is 4.98 Å². The molecule has 1 aromatic rings. The minimum atomic E-state index is 0.0546. The van der Waals surface area contributed by atoms with Gasteiger partial charge in [0.1, 0.15) is 0 Å². The van der Waals surface area contributed by atoms with E-state index < -0.39 is 0 Å². The molecular formula is C16H28N2O2S. The van der Waals surface area contributed by atoms with Crippen molar-refractivity contribution in [3.05, 3.63) is 10.6 Å². The predicted molar refractivity (Wildman–Crippen MR) is 87.8 cm³/mol. The van der Waals surface area contributed by atoms with E-state index in [1.165, 1.54) is 32.1 Å². The van der Waals surface area contributed by atoms with E-state index in [0.29, 0.717) is 18.6 Å². The zero-order valence-corrected chi connectivity index (χ0v) is 14.3. The number of thiazole rings is 1. The van der Waals surface area contributed by atoms with Gasteiger partial charge in [-0.1, -0.05) is 38.0 Å². The van der Waals surface area contributed by atoms with Crippen molar-refractivity contribution in [3.8, 4) is 0 Å². The molecular weight excluding hydrogens is 284 g/mol. The third-order valence-electron chi connectivity index (χ3n) is 4.15. The van der Waals surface area contributed by atoms with Crippen LogP contribution in [0.2, 0.25) is 0 Å². The molecule has 2 rings (SSSR count). The maximum absolute atomic E-state index is 9.52. The number of hydrogen-bond acceptors (Lipinski definition) is 5. The van der Waals surface area contributed by atoms with Crippen LogP contribution in [0.1, 0.15) is 56.5 Å². The molecule has 0 bridgehead atoms. The van der Waals surface area contributed by atoms with E-state index in [1.54, 1.807) is 18.4 Å². The lowest BCUT2D eigenvalue weighted by atomic mass is 10.1. The molecule has 0 spiro atoms. The lowest BCUT2D eigenvalue weighted by Gasteiger charge is -2.29. The van der Waals surface area contributed by atoms with Crippen LogP contribution < -0.4 is 4.90 Å². The highest BCUT2D eigenvalue weighted by molar-refractivity contribution is 7.15. The van der Waals surface area contributed by atoms with Gasteiger partial charge in [-0.15, -0.1) is 0 Å². The first-order chi connectivity index (χ1) is 10.2. The highest BCUT2D eigenvalue weighted by Crippen LogP contribution is 2.33. The van der Waals surface area contributed by atoms with Gasteiger partial charge in [0.05, 0.1) is 23.8 Å². The van der Waals surface area contributed by atoms with E-state index in [2.05, 4.69) is 18.7 Å². The van der Waals surface area contributed by atoms with Crippen molar-refractivity contribution in [3.63, 3.8) is 0 Å². The topological polar surface area (TPSA) is 45.6 Å². The van der Waals surface area contributed by atoms with Crippen LogP contribution in [0.4, 0.5) is 5.13 Å². The second kappa shape index (κ2) is 8.11. The lowest BCUT2D eigenvalue weighted by Crippen LogP contribution is -2.34. The number of aliphatic hydroxyl groups is 1. The average Bonchev–Trinajstić information content (AvgIpc) is 3.09. The smallest absolute Gasteiger partial charge is 0.186 e. The summed E-state index contributed by atoms with van der Waals surface area (Å²) in [6.07, 6.45) is 6.37. The molecule has 0 amide bonds. The molecule has 1 N–H and O–H groups in total. The van der Waals surface area contributed by atoms with Crippen LogP contribution in [0.15, 0.2) is 0 Å². The van der Waals surface area contributed by atoms with Crippen LogP contribution in [-0.4, -0.2) is 29.8 Å². The van der Waals surface area contributed by atoms with Gasteiger partial charge in [0.2, 0.25) is 0 Å². The van der Waals surface area contributed by atoms with Gasteiger partial charge in [-0.25, -0.2) is 4.98 Å². The fourth-order valence-electron chi connectivity index (χ4n) is 2.91. The van der Waals surface area contributed by atoms with E-state index >= 15 is 0 Å². The summed E-state index contributed by atoms with van der Waals surface area (Å²) in [7, 11) is 1.67. The number of hydrogen-bond donors (Lipinski definition) is 1. The van der Waals surface area contributed by atoms with Gasteiger partial charge in [0.15, 0.2) is 5.13 Å². The number of ether oxygens (including phenoxy) is 1. The van der Waals surface area contributed by atoms with Crippen molar-refractivity contribution >= 4 is 16.5 Å². The van der Waals surface area contributed by atoms with Gasteiger partial charge < -0.3 is 14.7 Å². The van der Waals surface area contributed by atoms with Gasteiger partial charge in [-0.2, -0.15) is 0 Å². The van der Waals surface area contributed by atoms with Gasteiger partial charge in [0, 0.05) is 19.7 Å². The summed E-state index contributed by atoms with van der Waals surface area (Å²) < 4.78 is 5.20. The average molecular weight is 312 g/mol. The van der Waals surface area contributed by atoms with E-state index in [4.69, 9.17) is 9.72 Å². The highest BCUT2D eigenvalue weighted by Gasteiger charge is 2.26. The Morgan fingerprint density at radius 3 is 2.67 bits per heavy atom. The fourth-order valence-corrected chi connectivity index (χ4v) is 3.93. The summed E-state index contributed by atoms with van der Waals surface area (Å²) >= 11 is 1.63. The first-order valence-electron chi connectivity index (χ1n) is 8.00. The second-order valence-corrected chi connectivity index (χ2v) is 7.33. The standard InChI is InChI=1S/C16H28N2O2S/c1-12(2)8-9-18(13-6-4-5-7-13)16-17-14(11-20-3)15(10-19)21-16/h12-13,19H,4-11H2,1-3H3. The summed E-state index contributed by atoms with van der Waals surface area (Å²) in [6.45, 7) is 6.13. The van der Waals surface area contributed by atoms with Gasteiger partial charge in [-0.05, 0) is 25.2 Å². The molecule has 120 valence electrons. The molecule has 0 atom stereocenters. The molecule has 0 unspecified atom stereocenters. The van der Waals surface area contributed by atoms with E-state index in [1.807, 2.05) is 0 Å². The predicted octanol–water partition coefficient (Wildman–Crippen LogP) is 3.58. The minimum Gasteiger partial charge on any atom is -0.391 e. The summed E-state index contributed by atoms with van der Waals surface area (Å²) in [4.78, 5) is 8.18. The van der Waals surface area contributed by atoms with Crippen molar-refractivity contribution in [2.45, 2.75) is 65.2 Å². The van der Waals surface area contributed by atoms with Crippen LogP contribution in [0.25, 0.3) is 0 Å². The Balaban J connectivity index is 2.18. The van der Waals surface area contributed by atoms with E-state index in [0.717, 1.165) is 22.2 Å². The number of anilines is 1. The van der Waals surface area contributed by atoms with E-state index in [-0.39, 0.29) is 6.61 Å². The minimum absolute atomic E-state index is 0.0546. The second-order valence-electron chi connectivity index (χ2n) is 6.27. The van der Waals surface area contributed by atoms with Crippen molar-refractivity contribution < 1.29 is 9.84 Å². The molecule has 5 heteroatoms. The molecule has 1 saturated carbocycles. The molecule has 0 saturated heterocycles. The molecule has 1 fully saturated rings. The zero-order chi connectivity index (χ0) is 15.2. The number of rotatable bonds is 8. The number of methoxy groups -OCH3 is 1. The van der Waals surface area contributed by atoms with Crippen molar-refractivity contribution in [2.24, 2.45) is 5.92 Å². The molecule has 1 aromatic heterocycles. The van der Waals surface area contributed by atoms with Crippen LogP contribution in [0, 0.1) is 5.92 Å². The summed E-state index contributed by atoms with van der Waals surface area (Å²) in [5.74, 6) is 0.699. The zero-order valence-electron chi connectivity index (χ0n) is 13.5. The number of aliphatic hydroxyl groups excluding tert-OH is 1. The van der Waals surface area contributed by atoms with Crippen molar-refractivity contribution in [1.29, 1.82) is 0 Å². The quantitative estimate of drug-likeness (QED) is 0.797. The molecule has 0 aliphatic heterocycles. The SMILES string of the molecule is COCc1nc(N(CCC(C)C)C2CCCC2)sc1CO. The van der Waals surface area contributed by atoms with Crippen LogP contribution in [0.5, 0.6) is 0 Å². The monoisotopic (exact) mass is 312 g/mol. The Morgan fingerprint density at radius 1 is 1.38 bits per heavy atom. The summed E-state index contributed by atoms with van der Waals surface area (Å²) in [5, 5.41) is 10.6. The van der Waals surface area contributed by atoms with Crippen LogP contribution in [-0.2, 0) is 18.0 Å². The molecule has 0 aromatic carbocycles. The van der Waals surface area contributed by atoms with Crippen LogP contribution >= 0.6 is 11.3 Å². The summed E-state index contributed by atoms with van der Waals surface area (Å²) in [6, 6.07) is 0.622. The molecule has 21 heavy (non-hydrogen) atoms. The normalized spacial score (nSPS) is 16.0. The molecule has 4 nitrogen and oxygen atoms in total. The third-order valence-corrected chi connectivity index (χ3v) is 5.27. The van der Waals surface area contributed by atoms with E-state index in [9.17, 15) is 5.11 Å². The van der Waals surface area contributed by atoms with Gasteiger partial charge in [0.25, 0.3) is 0 Å². The Morgan fingerprint density at radius 2 is 2.10 bits per heavy atom. The highest BCUT2D eigenvalue weighted by atomic mass is 32.1.